The highest BCUT2D eigenvalue weighted by Gasteiger charge is 2.40. The average Bonchev–Trinajstić information content (AvgIpc) is 2.49. The molecule has 6 heteroatoms. The van der Waals surface area contributed by atoms with Crippen LogP contribution >= 0.6 is 0 Å². The molecule has 2 aliphatic rings. The van der Waals surface area contributed by atoms with Crippen LogP contribution in [0.2, 0.25) is 0 Å². The zero-order valence-electron chi connectivity index (χ0n) is 12.4. The van der Waals surface area contributed by atoms with Crippen LogP contribution in [0.1, 0.15) is 44.9 Å². The van der Waals surface area contributed by atoms with Gasteiger partial charge in [0, 0.05) is 0 Å². The first kappa shape index (κ1) is 15.8. The second kappa shape index (κ2) is 6.90. The Morgan fingerprint density at radius 3 is 2.38 bits per heavy atom. The van der Waals surface area contributed by atoms with E-state index in [0.717, 1.165) is 32.1 Å². The average molecular weight is 292 g/mol. The maximum absolute atomic E-state index is 12.5. The van der Waals surface area contributed by atoms with E-state index < -0.39 is 17.4 Å². The molecule has 6 nitrogen and oxygen atoms in total. The zero-order valence-corrected chi connectivity index (χ0v) is 12.4. The molecule has 4 N–H and O–H groups in total. The van der Waals surface area contributed by atoms with E-state index in [1.54, 1.807) is 0 Å². The lowest BCUT2D eigenvalue weighted by atomic mass is 9.78. The third-order valence-electron chi connectivity index (χ3n) is 4.74. The molecular formula is C15H24N4O2. The summed E-state index contributed by atoms with van der Waals surface area (Å²) < 4.78 is 0. The van der Waals surface area contributed by atoms with Gasteiger partial charge in [0.2, 0.25) is 11.8 Å². The van der Waals surface area contributed by atoms with Crippen molar-refractivity contribution in [3.05, 3.63) is 0 Å². The third-order valence-corrected chi connectivity index (χ3v) is 4.74. The summed E-state index contributed by atoms with van der Waals surface area (Å²) in [7, 11) is 0. The Bertz CT molecular complexity index is 431. The molecule has 1 aliphatic heterocycles. The number of rotatable bonds is 4. The Kier molecular flexibility index (Phi) is 5.18. The van der Waals surface area contributed by atoms with E-state index in [9.17, 15) is 14.9 Å². The van der Waals surface area contributed by atoms with E-state index in [1.165, 1.54) is 0 Å². The first-order valence-corrected chi connectivity index (χ1v) is 7.81. The van der Waals surface area contributed by atoms with E-state index in [-0.39, 0.29) is 11.8 Å². The van der Waals surface area contributed by atoms with Crippen molar-refractivity contribution in [1.29, 1.82) is 5.26 Å². The number of nitrogens with one attached hydrogen (secondary N) is 2. The smallest absolute Gasteiger partial charge is 0.234 e. The van der Waals surface area contributed by atoms with Crippen LogP contribution in [0, 0.1) is 23.2 Å². The fourth-order valence-corrected chi connectivity index (χ4v) is 3.47. The van der Waals surface area contributed by atoms with Crippen molar-refractivity contribution in [2.24, 2.45) is 17.6 Å². The van der Waals surface area contributed by atoms with Crippen LogP contribution in [-0.2, 0) is 9.59 Å². The van der Waals surface area contributed by atoms with Gasteiger partial charge in [0.25, 0.3) is 0 Å². The number of nitriles is 1. The van der Waals surface area contributed by atoms with Crippen LogP contribution in [0.15, 0.2) is 0 Å². The Morgan fingerprint density at radius 2 is 1.86 bits per heavy atom. The van der Waals surface area contributed by atoms with Crippen molar-refractivity contribution in [3.63, 3.8) is 0 Å². The second-order valence-corrected chi connectivity index (χ2v) is 6.21. The molecule has 2 rings (SSSR count). The number of carbonyl (C=O) groups excluding carboxylic acids is 2. The molecule has 1 saturated carbocycles. The van der Waals surface area contributed by atoms with Gasteiger partial charge in [0.1, 0.15) is 11.5 Å². The molecule has 1 aliphatic carbocycles. The molecule has 2 fully saturated rings. The summed E-state index contributed by atoms with van der Waals surface area (Å²) in [5, 5.41) is 15.4. The standard InChI is InChI=1S/C15H24N4O2/c16-10-15(6-8-18-9-7-15)19-14(21)12(13(17)20)11-4-2-1-3-5-11/h11-12,18H,1-9H2,(H2,17,20)(H,19,21). The highest BCUT2D eigenvalue weighted by molar-refractivity contribution is 6.00. The summed E-state index contributed by atoms with van der Waals surface area (Å²) in [5.74, 6) is -1.71. The first-order chi connectivity index (χ1) is 10.1. The molecule has 0 spiro atoms. The van der Waals surface area contributed by atoms with Gasteiger partial charge >= 0.3 is 0 Å². The van der Waals surface area contributed by atoms with E-state index >= 15 is 0 Å². The van der Waals surface area contributed by atoms with Crippen molar-refractivity contribution in [2.45, 2.75) is 50.5 Å². The molecule has 0 radical (unpaired) electrons. The molecular weight excluding hydrogens is 268 g/mol. The molecule has 0 aromatic heterocycles. The third kappa shape index (κ3) is 3.73. The Balaban J connectivity index is 2.07. The lowest BCUT2D eigenvalue weighted by molar-refractivity contribution is -0.137. The lowest BCUT2D eigenvalue weighted by Gasteiger charge is -2.35. The first-order valence-electron chi connectivity index (χ1n) is 7.81. The fraction of sp³-hybridized carbons (Fsp3) is 0.800. The number of hydrogen-bond donors (Lipinski definition) is 3. The summed E-state index contributed by atoms with van der Waals surface area (Å²) in [6, 6.07) is 2.22. The molecule has 21 heavy (non-hydrogen) atoms. The Hall–Kier alpha value is -1.61. The highest BCUT2D eigenvalue weighted by atomic mass is 16.2. The molecule has 0 aromatic carbocycles. The predicted molar refractivity (Wildman–Crippen MR) is 77.8 cm³/mol. The summed E-state index contributed by atoms with van der Waals surface area (Å²) in [6.45, 7) is 1.39. The van der Waals surface area contributed by atoms with Crippen LogP contribution < -0.4 is 16.4 Å². The second-order valence-electron chi connectivity index (χ2n) is 6.21. The number of piperidine rings is 1. The largest absolute Gasteiger partial charge is 0.369 e. The minimum Gasteiger partial charge on any atom is -0.369 e. The Labute approximate surface area is 125 Å². The van der Waals surface area contributed by atoms with Gasteiger partial charge in [-0.3, -0.25) is 9.59 Å². The van der Waals surface area contributed by atoms with Gasteiger partial charge < -0.3 is 16.4 Å². The van der Waals surface area contributed by atoms with Crippen LogP contribution in [0.25, 0.3) is 0 Å². The topological polar surface area (TPSA) is 108 Å². The van der Waals surface area contributed by atoms with Crippen LogP contribution in [-0.4, -0.2) is 30.4 Å². The molecule has 2 amide bonds. The number of primary amides is 1. The maximum atomic E-state index is 12.5. The van der Waals surface area contributed by atoms with Crippen LogP contribution in [0.5, 0.6) is 0 Å². The quantitative estimate of drug-likeness (QED) is 0.653. The van der Waals surface area contributed by atoms with Gasteiger partial charge in [0.15, 0.2) is 0 Å². The molecule has 1 heterocycles. The van der Waals surface area contributed by atoms with E-state index in [4.69, 9.17) is 5.73 Å². The van der Waals surface area contributed by atoms with Gasteiger partial charge in [-0.1, -0.05) is 19.3 Å². The van der Waals surface area contributed by atoms with Crippen molar-refractivity contribution in [1.82, 2.24) is 10.6 Å². The monoisotopic (exact) mass is 292 g/mol. The summed E-state index contributed by atoms with van der Waals surface area (Å²) >= 11 is 0. The molecule has 0 aromatic rings. The number of nitrogens with zero attached hydrogens (tertiary/aromatic N) is 1. The maximum Gasteiger partial charge on any atom is 0.234 e. The van der Waals surface area contributed by atoms with Crippen molar-refractivity contribution in [3.8, 4) is 6.07 Å². The van der Waals surface area contributed by atoms with Gasteiger partial charge in [-0.2, -0.15) is 5.26 Å². The molecule has 116 valence electrons. The summed E-state index contributed by atoms with van der Waals surface area (Å²) in [5.41, 5.74) is 4.61. The van der Waals surface area contributed by atoms with Crippen molar-refractivity contribution < 1.29 is 9.59 Å². The summed E-state index contributed by atoms with van der Waals surface area (Å²) in [6.07, 6.45) is 6.07. The van der Waals surface area contributed by atoms with E-state index in [1.807, 2.05) is 0 Å². The number of nitrogens with two attached hydrogens (primary N) is 1. The van der Waals surface area contributed by atoms with Gasteiger partial charge in [-0.15, -0.1) is 0 Å². The Morgan fingerprint density at radius 1 is 1.24 bits per heavy atom. The highest BCUT2D eigenvalue weighted by Crippen LogP contribution is 2.31. The van der Waals surface area contributed by atoms with Gasteiger partial charge in [-0.25, -0.2) is 0 Å². The molecule has 1 saturated heterocycles. The summed E-state index contributed by atoms with van der Waals surface area (Å²) in [4.78, 5) is 24.3. The molecule has 0 bridgehead atoms. The zero-order chi connectivity index (χ0) is 15.3. The van der Waals surface area contributed by atoms with Crippen molar-refractivity contribution in [2.75, 3.05) is 13.1 Å². The number of amides is 2. The molecule has 1 atom stereocenters. The minimum atomic E-state index is -0.856. The molecule has 1 unspecified atom stereocenters. The minimum absolute atomic E-state index is 0.0220. The van der Waals surface area contributed by atoms with E-state index in [2.05, 4.69) is 16.7 Å². The SMILES string of the molecule is N#CC1(NC(=O)C(C(N)=O)C2CCCCC2)CCNCC1. The van der Waals surface area contributed by atoms with Crippen molar-refractivity contribution >= 4 is 11.8 Å². The fourth-order valence-electron chi connectivity index (χ4n) is 3.47. The number of carbonyl (C=O) groups is 2. The van der Waals surface area contributed by atoms with Crippen LogP contribution in [0.3, 0.4) is 0 Å². The van der Waals surface area contributed by atoms with E-state index in [0.29, 0.717) is 25.9 Å². The lowest BCUT2D eigenvalue weighted by Crippen LogP contribution is -2.57. The normalized spacial score (nSPS) is 23.8. The van der Waals surface area contributed by atoms with Crippen LogP contribution in [0.4, 0.5) is 0 Å². The van der Waals surface area contributed by atoms with Gasteiger partial charge in [-0.05, 0) is 44.7 Å². The van der Waals surface area contributed by atoms with Gasteiger partial charge in [0.05, 0.1) is 6.07 Å². The predicted octanol–water partition coefficient (Wildman–Crippen LogP) is 0.430. The number of hydrogen-bond acceptors (Lipinski definition) is 4.